The summed E-state index contributed by atoms with van der Waals surface area (Å²) in [5.41, 5.74) is 1.53. The first kappa shape index (κ1) is 8.74. The van der Waals surface area contributed by atoms with Gasteiger partial charge in [0.25, 0.3) is 0 Å². The molecule has 0 spiro atoms. The van der Waals surface area contributed by atoms with Crippen LogP contribution >= 0.6 is 22.6 Å². The molecule has 0 bridgehead atoms. The van der Waals surface area contributed by atoms with E-state index in [1.54, 1.807) is 11.4 Å². The normalized spacial score (nSPS) is 11.0. The van der Waals surface area contributed by atoms with E-state index in [2.05, 4.69) is 27.7 Å². The molecule has 0 fully saturated rings. The predicted octanol–water partition coefficient (Wildman–Crippen LogP) is 0.946. The minimum Gasteiger partial charge on any atom is -0.247 e. The second-order valence-corrected chi connectivity index (χ2v) is 4.16. The molecular formula is C8H8IN3O. The highest BCUT2D eigenvalue weighted by atomic mass is 127. The third-order valence-corrected chi connectivity index (χ3v) is 2.54. The average molecular weight is 289 g/mol. The fourth-order valence-electron chi connectivity index (χ4n) is 1.34. The number of rotatable bonds is 0. The Kier molecular flexibility index (Phi) is 1.90. The topological polar surface area (TPSA) is 39.3 Å². The third kappa shape index (κ3) is 1.27. The number of pyridine rings is 1. The number of aromatic nitrogens is 3. The van der Waals surface area contributed by atoms with Crippen molar-refractivity contribution < 1.29 is 0 Å². The minimum atomic E-state index is -0.0936. The van der Waals surface area contributed by atoms with Crippen molar-refractivity contribution in [3.63, 3.8) is 0 Å². The molecule has 0 aliphatic carbocycles. The first-order valence-electron chi connectivity index (χ1n) is 3.81. The van der Waals surface area contributed by atoms with Crippen LogP contribution in [0.1, 0.15) is 5.69 Å². The molecule has 0 aromatic carbocycles. The molecule has 4 nitrogen and oxygen atoms in total. The van der Waals surface area contributed by atoms with Gasteiger partial charge in [0.05, 0.1) is 0 Å². The van der Waals surface area contributed by atoms with Crippen molar-refractivity contribution in [1.29, 1.82) is 0 Å². The zero-order chi connectivity index (χ0) is 9.59. The number of halogens is 1. The van der Waals surface area contributed by atoms with Crippen molar-refractivity contribution in [1.82, 2.24) is 14.2 Å². The number of fused-ring (bicyclic) bond motifs is 1. The second kappa shape index (κ2) is 2.83. The Labute approximate surface area is 88.3 Å². The maximum Gasteiger partial charge on any atom is 0.350 e. The summed E-state index contributed by atoms with van der Waals surface area (Å²) in [4.78, 5) is 11.5. The van der Waals surface area contributed by atoms with Crippen molar-refractivity contribution in [2.24, 2.45) is 7.05 Å². The van der Waals surface area contributed by atoms with Gasteiger partial charge >= 0.3 is 5.69 Å². The van der Waals surface area contributed by atoms with Crippen LogP contribution in [0.2, 0.25) is 0 Å². The maximum atomic E-state index is 11.5. The van der Waals surface area contributed by atoms with Crippen LogP contribution in [0.5, 0.6) is 0 Å². The molecule has 13 heavy (non-hydrogen) atoms. The Morgan fingerprint density at radius 1 is 1.46 bits per heavy atom. The maximum absolute atomic E-state index is 11.5. The SMILES string of the molecule is Cc1cc(I)cc2nn(C)c(=O)n12. The molecule has 0 saturated heterocycles. The molecular weight excluding hydrogens is 281 g/mol. The standard InChI is InChI=1S/C8H8IN3O/c1-5-3-6(9)4-7-10-11(2)8(13)12(5)7/h3-4H,1-2H3. The lowest BCUT2D eigenvalue weighted by atomic mass is 10.4. The highest BCUT2D eigenvalue weighted by molar-refractivity contribution is 14.1. The fraction of sp³-hybridized carbons (Fsp3) is 0.250. The molecule has 5 heteroatoms. The summed E-state index contributed by atoms with van der Waals surface area (Å²) in [7, 11) is 1.65. The van der Waals surface area contributed by atoms with Gasteiger partial charge < -0.3 is 0 Å². The molecule has 0 radical (unpaired) electrons. The van der Waals surface area contributed by atoms with Crippen molar-refractivity contribution >= 4 is 28.2 Å². The quantitative estimate of drug-likeness (QED) is 0.677. The lowest BCUT2D eigenvalue weighted by molar-refractivity contribution is 0.730. The van der Waals surface area contributed by atoms with Crippen LogP contribution in [0.15, 0.2) is 16.9 Å². The van der Waals surface area contributed by atoms with E-state index in [1.807, 2.05) is 19.1 Å². The summed E-state index contributed by atoms with van der Waals surface area (Å²) in [5.74, 6) is 0. The molecule has 2 aromatic heterocycles. The van der Waals surface area contributed by atoms with Gasteiger partial charge in [-0.3, -0.25) is 0 Å². The van der Waals surface area contributed by atoms with Crippen molar-refractivity contribution in [3.8, 4) is 0 Å². The highest BCUT2D eigenvalue weighted by Gasteiger charge is 2.06. The van der Waals surface area contributed by atoms with E-state index >= 15 is 0 Å². The molecule has 0 amide bonds. The van der Waals surface area contributed by atoms with E-state index in [0.29, 0.717) is 5.65 Å². The van der Waals surface area contributed by atoms with Gasteiger partial charge in [-0.2, -0.15) is 5.10 Å². The molecule has 0 N–H and O–H groups in total. The van der Waals surface area contributed by atoms with Gasteiger partial charge in [-0.1, -0.05) is 0 Å². The first-order chi connectivity index (χ1) is 6.09. The summed E-state index contributed by atoms with van der Waals surface area (Å²) < 4.78 is 4.04. The molecule has 0 unspecified atom stereocenters. The zero-order valence-electron chi connectivity index (χ0n) is 7.28. The predicted molar refractivity (Wildman–Crippen MR) is 57.9 cm³/mol. The second-order valence-electron chi connectivity index (χ2n) is 2.91. The van der Waals surface area contributed by atoms with E-state index in [9.17, 15) is 4.79 Å². The van der Waals surface area contributed by atoms with E-state index < -0.39 is 0 Å². The van der Waals surface area contributed by atoms with Gasteiger partial charge in [-0.15, -0.1) is 0 Å². The molecule has 68 valence electrons. The monoisotopic (exact) mass is 289 g/mol. The average Bonchev–Trinajstić information content (AvgIpc) is 2.27. The highest BCUT2D eigenvalue weighted by Crippen LogP contribution is 2.09. The van der Waals surface area contributed by atoms with Gasteiger partial charge in [0.2, 0.25) is 0 Å². The number of aryl methyl sites for hydroxylation is 2. The molecule has 2 aromatic rings. The molecule has 2 rings (SSSR count). The fourth-order valence-corrected chi connectivity index (χ4v) is 2.07. The lowest BCUT2D eigenvalue weighted by Gasteiger charge is -1.97. The van der Waals surface area contributed by atoms with E-state index in [0.717, 1.165) is 9.26 Å². The Morgan fingerprint density at radius 3 is 2.85 bits per heavy atom. The minimum absolute atomic E-state index is 0.0936. The van der Waals surface area contributed by atoms with Crippen LogP contribution in [0, 0.1) is 10.5 Å². The Balaban J connectivity index is 3.03. The lowest BCUT2D eigenvalue weighted by Crippen LogP contribution is -2.19. The van der Waals surface area contributed by atoms with Crippen LogP contribution in [-0.2, 0) is 7.05 Å². The Morgan fingerprint density at radius 2 is 2.15 bits per heavy atom. The van der Waals surface area contributed by atoms with Crippen molar-refractivity contribution in [2.75, 3.05) is 0 Å². The van der Waals surface area contributed by atoms with Gasteiger partial charge in [0.1, 0.15) is 0 Å². The van der Waals surface area contributed by atoms with E-state index in [-0.39, 0.29) is 5.69 Å². The number of hydrogen-bond donors (Lipinski definition) is 0. The van der Waals surface area contributed by atoms with Crippen LogP contribution in [0.4, 0.5) is 0 Å². The van der Waals surface area contributed by atoms with Crippen LogP contribution in [0.25, 0.3) is 5.65 Å². The Hall–Kier alpha value is -0.850. The van der Waals surface area contributed by atoms with Gasteiger partial charge in [-0.25, -0.2) is 13.9 Å². The van der Waals surface area contributed by atoms with E-state index in [1.165, 1.54) is 4.68 Å². The van der Waals surface area contributed by atoms with Crippen molar-refractivity contribution in [2.45, 2.75) is 6.92 Å². The molecule has 2 heterocycles. The summed E-state index contributed by atoms with van der Waals surface area (Å²) in [6.45, 7) is 1.90. The summed E-state index contributed by atoms with van der Waals surface area (Å²) in [6.07, 6.45) is 0. The van der Waals surface area contributed by atoms with Gasteiger partial charge in [-0.05, 0) is 41.6 Å². The first-order valence-corrected chi connectivity index (χ1v) is 4.89. The summed E-state index contributed by atoms with van der Waals surface area (Å²) in [6, 6.07) is 3.84. The number of hydrogen-bond acceptors (Lipinski definition) is 2. The molecule has 0 aliphatic heterocycles. The zero-order valence-corrected chi connectivity index (χ0v) is 9.44. The smallest absolute Gasteiger partial charge is 0.247 e. The van der Waals surface area contributed by atoms with Crippen LogP contribution in [-0.4, -0.2) is 14.2 Å². The van der Waals surface area contributed by atoms with E-state index in [4.69, 9.17) is 0 Å². The van der Waals surface area contributed by atoms with Crippen molar-refractivity contribution in [3.05, 3.63) is 31.9 Å². The largest absolute Gasteiger partial charge is 0.350 e. The number of nitrogens with zero attached hydrogens (tertiary/aromatic N) is 3. The van der Waals surface area contributed by atoms with Gasteiger partial charge in [0.15, 0.2) is 5.65 Å². The molecule has 0 atom stereocenters. The summed E-state index contributed by atoms with van der Waals surface area (Å²) in [5, 5.41) is 4.10. The third-order valence-electron chi connectivity index (χ3n) is 1.92. The summed E-state index contributed by atoms with van der Waals surface area (Å²) >= 11 is 2.21. The Bertz CT molecular complexity index is 526. The van der Waals surface area contributed by atoms with Crippen LogP contribution in [0.3, 0.4) is 0 Å². The van der Waals surface area contributed by atoms with Gasteiger partial charge in [0, 0.05) is 16.3 Å². The molecule has 0 saturated carbocycles. The van der Waals surface area contributed by atoms with Crippen LogP contribution < -0.4 is 5.69 Å². The molecule has 0 aliphatic rings.